The quantitative estimate of drug-likeness (QED) is 0.0375. The van der Waals surface area contributed by atoms with Crippen LogP contribution in [0.25, 0.3) is 0 Å². The van der Waals surface area contributed by atoms with Crippen LogP contribution in [0.15, 0.2) is 12.2 Å². The summed E-state index contributed by atoms with van der Waals surface area (Å²) < 4.78 is 0.256. The number of rotatable bonds is 33. The first kappa shape index (κ1) is 43.1. The molecule has 0 aromatic carbocycles. The van der Waals surface area contributed by atoms with Crippen LogP contribution in [0.4, 0.5) is 0 Å². The molecule has 0 bridgehead atoms. The number of carbonyl (C=O) groups is 3. The standard InChI is InChI=1S/C38H71NO6/c1-5-9-10-11-12-13-14-15-16-17-18-19-20-21-22-23-24-25-26-27-28-29-39(30-33(6-2)36(40)41,31-34(7-3)37(42)43)32-35(8-4)38(44)45/h19-20,33-35H,5-18,21-32H2,1-4H3,(H2-,40,41,42,43,44,45)/p+1/b20-19+. The fourth-order valence-corrected chi connectivity index (χ4v) is 6.62. The molecule has 0 amide bonds. The van der Waals surface area contributed by atoms with Gasteiger partial charge in [0.1, 0.15) is 17.8 Å². The van der Waals surface area contributed by atoms with Crippen molar-refractivity contribution in [2.75, 3.05) is 26.2 Å². The van der Waals surface area contributed by atoms with Gasteiger partial charge in [-0.15, -0.1) is 0 Å². The van der Waals surface area contributed by atoms with Crippen LogP contribution < -0.4 is 0 Å². The van der Waals surface area contributed by atoms with Gasteiger partial charge in [-0.3, -0.25) is 14.4 Å². The number of unbranched alkanes of at least 4 members (excludes halogenated alkanes) is 17. The van der Waals surface area contributed by atoms with Crippen molar-refractivity contribution in [2.24, 2.45) is 17.8 Å². The maximum atomic E-state index is 12.0. The van der Waals surface area contributed by atoms with Gasteiger partial charge in [-0.05, 0) is 57.8 Å². The highest BCUT2D eigenvalue weighted by Gasteiger charge is 2.40. The average molecular weight is 639 g/mol. The van der Waals surface area contributed by atoms with Crippen molar-refractivity contribution in [2.45, 2.75) is 169 Å². The van der Waals surface area contributed by atoms with Gasteiger partial charge < -0.3 is 19.8 Å². The van der Waals surface area contributed by atoms with Crippen LogP contribution in [0, 0.1) is 17.8 Å². The Bertz CT molecular complexity index is 722. The summed E-state index contributed by atoms with van der Waals surface area (Å²) in [6, 6.07) is 0. The second kappa shape index (κ2) is 28.3. The van der Waals surface area contributed by atoms with Crippen LogP contribution in [0.5, 0.6) is 0 Å². The minimum absolute atomic E-state index is 0.256. The molecule has 7 nitrogen and oxygen atoms in total. The van der Waals surface area contributed by atoms with Crippen molar-refractivity contribution in [3.63, 3.8) is 0 Å². The normalized spacial score (nSPS) is 15.1. The van der Waals surface area contributed by atoms with E-state index in [4.69, 9.17) is 0 Å². The van der Waals surface area contributed by atoms with Crippen molar-refractivity contribution in [3.8, 4) is 0 Å². The molecule has 0 saturated heterocycles. The number of aliphatic carboxylic acids is 3. The number of hydrogen-bond donors (Lipinski definition) is 3. The molecule has 0 radical (unpaired) electrons. The van der Waals surface area contributed by atoms with Crippen LogP contribution in [0.3, 0.4) is 0 Å². The molecule has 0 rings (SSSR count). The van der Waals surface area contributed by atoms with Gasteiger partial charge in [0.15, 0.2) is 0 Å². The molecule has 0 aliphatic rings. The molecule has 7 heteroatoms. The fourth-order valence-electron chi connectivity index (χ4n) is 6.62. The topological polar surface area (TPSA) is 112 Å². The Morgan fingerprint density at radius 2 is 0.756 bits per heavy atom. The Morgan fingerprint density at radius 3 is 1.04 bits per heavy atom. The minimum Gasteiger partial charge on any atom is -0.481 e. The third-order valence-electron chi connectivity index (χ3n) is 9.74. The lowest BCUT2D eigenvalue weighted by Gasteiger charge is -2.43. The summed E-state index contributed by atoms with van der Waals surface area (Å²) in [7, 11) is 0. The van der Waals surface area contributed by atoms with Gasteiger partial charge in [0.25, 0.3) is 0 Å². The molecule has 0 aromatic heterocycles. The van der Waals surface area contributed by atoms with E-state index in [0.29, 0.717) is 25.8 Å². The van der Waals surface area contributed by atoms with Crippen molar-refractivity contribution >= 4 is 17.9 Å². The predicted molar refractivity (Wildman–Crippen MR) is 187 cm³/mol. The monoisotopic (exact) mass is 639 g/mol. The Balaban J connectivity index is 4.53. The van der Waals surface area contributed by atoms with Crippen LogP contribution in [0.1, 0.15) is 169 Å². The van der Waals surface area contributed by atoms with Crippen molar-refractivity contribution in [3.05, 3.63) is 12.2 Å². The molecule has 0 fully saturated rings. The summed E-state index contributed by atoms with van der Waals surface area (Å²) in [4.78, 5) is 36.0. The second-order valence-corrected chi connectivity index (χ2v) is 13.6. The molecule has 3 N–H and O–H groups in total. The molecule has 3 unspecified atom stereocenters. The number of carboxylic acid groups (broad SMARTS) is 3. The van der Waals surface area contributed by atoms with E-state index < -0.39 is 35.7 Å². The van der Waals surface area contributed by atoms with E-state index >= 15 is 0 Å². The summed E-state index contributed by atoms with van der Waals surface area (Å²) in [6.07, 6.45) is 30.0. The summed E-state index contributed by atoms with van der Waals surface area (Å²) in [5.41, 5.74) is 0. The fraction of sp³-hybridized carbons (Fsp3) is 0.868. The number of carboxylic acids is 3. The number of nitrogens with zero attached hydrogens (tertiary/aromatic N) is 1. The first-order valence-electron chi connectivity index (χ1n) is 18.8. The van der Waals surface area contributed by atoms with Gasteiger partial charge in [-0.25, -0.2) is 0 Å². The molecule has 45 heavy (non-hydrogen) atoms. The van der Waals surface area contributed by atoms with Crippen LogP contribution >= 0.6 is 0 Å². The van der Waals surface area contributed by atoms with Gasteiger partial charge in [-0.1, -0.05) is 123 Å². The van der Waals surface area contributed by atoms with E-state index in [9.17, 15) is 29.7 Å². The maximum Gasteiger partial charge on any atom is 0.312 e. The van der Waals surface area contributed by atoms with Crippen LogP contribution in [0.2, 0.25) is 0 Å². The zero-order chi connectivity index (χ0) is 33.8. The van der Waals surface area contributed by atoms with Crippen molar-refractivity contribution < 1.29 is 34.2 Å². The molecule has 0 heterocycles. The summed E-state index contributed by atoms with van der Waals surface area (Å²) >= 11 is 0. The molecule has 0 aromatic rings. The third kappa shape index (κ3) is 22.3. The number of allylic oxidation sites excluding steroid dienone is 2. The smallest absolute Gasteiger partial charge is 0.312 e. The molecule has 0 aliphatic carbocycles. The van der Waals surface area contributed by atoms with Gasteiger partial charge in [0, 0.05) is 0 Å². The third-order valence-corrected chi connectivity index (χ3v) is 9.74. The van der Waals surface area contributed by atoms with Gasteiger partial charge in [-0.2, -0.15) is 0 Å². The van der Waals surface area contributed by atoms with E-state index in [1.54, 1.807) is 0 Å². The Morgan fingerprint density at radius 1 is 0.467 bits per heavy atom. The lowest BCUT2D eigenvalue weighted by molar-refractivity contribution is -0.935. The molecule has 0 spiro atoms. The van der Waals surface area contributed by atoms with Gasteiger partial charge in [0.05, 0.1) is 26.2 Å². The first-order valence-corrected chi connectivity index (χ1v) is 18.8. The largest absolute Gasteiger partial charge is 0.481 e. The lowest BCUT2D eigenvalue weighted by Crippen LogP contribution is -2.58. The average Bonchev–Trinajstić information content (AvgIpc) is 3.01. The first-order chi connectivity index (χ1) is 21.7. The highest BCUT2D eigenvalue weighted by atomic mass is 16.4. The molecule has 0 aliphatic heterocycles. The van der Waals surface area contributed by atoms with E-state index in [0.717, 1.165) is 32.1 Å². The van der Waals surface area contributed by atoms with E-state index in [1.165, 1.54) is 89.9 Å². The van der Waals surface area contributed by atoms with Gasteiger partial charge >= 0.3 is 17.9 Å². The summed E-state index contributed by atoms with van der Waals surface area (Å²) in [6.45, 7) is 9.26. The molecule has 3 atom stereocenters. The van der Waals surface area contributed by atoms with E-state index in [-0.39, 0.29) is 24.1 Å². The van der Waals surface area contributed by atoms with Crippen LogP contribution in [-0.4, -0.2) is 63.9 Å². The van der Waals surface area contributed by atoms with E-state index in [2.05, 4.69) is 19.1 Å². The minimum atomic E-state index is -0.889. The molecular formula is C38H72NO6+. The predicted octanol–water partition coefficient (Wildman–Crippen LogP) is 10.1. The zero-order valence-corrected chi connectivity index (χ0v) is 29.8. The number of quaternary nitrogens is 1. The zero-order valence-electron chi connectivity index (χ0n) is 29.8. The molecule has 0 saturated carbocycles. The maximum absolute atomic E-state index is 12.0. The highest BCUT2D eigenvalue weighted by molar-refractivity contribution is 5.71. The van der Waals surface area contributed by atoms with Gasteiger partial charge in [0.2, 0.25) is 0 Å². The number of hydrogen-bond acceptors (Lipinski definition) is 3. The Kier molecular flexibility index (Phi) is 27.2. The highest BCUT2D eigenvalue weighted by Crippen LogP contribution is 2.25. The Labute approximate surface area is 276 Å². The van der Waals surface area contributed by atoms with Crippen LogP contribution in [-0.2, 0) is 14.4 Å². The lowest BCUT2D eigenvalue weighted by atomic mass is 9.95. The second-order valence-electron chi connectivity index (χ2n) is 13.6. The SMILES string of the molecule is CCCCCCCCCCCC/C=C/CCCCCCCCC[N+](CC(CC)C(=O)O)(CC(CC)C(=O)O)CC(CC)C(=O)O. The van der Waals surface area contributed by atoms with E-state index in [1.807, 2.05) is 20.8 Å². The van der Waals surface area contributed by atoms with Crippen molar-refractivity contribution in [1.82, 2.24) is 0 Å². The Hall–Kier alpha value is -1.89. The van der Waals surface area contributed by atoms with Crippen molar-refractivity contribution in [1.29, 1.82) is 0 Å². The summed E-state index contributed by atoms with van der Waals surface area (Å²) in [5, 5.41) is 29.5. The molecule has 264 valence electrons. The summed E-state index contributed by atoms with van der Waals surface area (Å²) in [5.74, 6) is -4.52. The molecular weight excluding hydrogens is 566 g/mol.